The predicted octanol–water partition coefficient (Wildman–Crippen LogP) is 1.97. The van der Waals surface area contributed by atoms with Crippen LogP contribution in [0.15, 0.2) is 0 Å². The quantitative estimate of drug-likeness (QED) is 0.712. The van der Waals surface area contributed by atoms with Gasteiger partial charge < -0.3 is 10.0 Å². The first kappa shape index (κ1) is 12.3. The Morgan fingerprint density at radius 2 is 2.07 bits per heavy atom. The summed E-state index contributed by atoms with van der Waals surface area (Å²) < 4.78 is 0. The van der Waals surface area contributed by atoms with E-state index >= 15 is 0 Å². The van der Waals surface area contributed by atoms with Gasteiger partial charge in [0.25, 0.3) is 0 Å². The number of hydrogen-bond acceptors (Lipinski definition) is 3. The maximum absolute atomic E-state index is 9.85. The molecule has 0 saturated heterocycles. The zero-order valence-corrected chi connectivity index (χ0v) is 10.2. The third-order valence-electron chi connectivity index (χ3n) is 3.05. The summed E-state index contributed by atoms with van der Waals surface area (Å²) in [5, 5.41) is 9.85. The number of rotatable bonds is 5. The van der Waals surface area contributed by atoms with Crippen molar-refractivity contribution in [2.75, 3.05) is 25.1 Å². The van der Waals surface area contributed by atoms with Gasteiger partial charge in [0.05, 0.1) is 6.10 Å². The fraction of sp³-hybridized carbons (Fsp3) is 1.00. The SMILES string of the molecule is CCSCCN(C)C1CCCCC1O. The Labute approximate surface area is 92.1 Å². The molecule has 2 unspecified atom stereocenters. The minimum absolute atomic E-state index is 0.0830. The molecule has 0 heterocycles. The van der Waals surface area contributed by atoms with Crippen molar-refractivity contribution in [3.05, 3.63) is 0 Å². The Hall–Kier alpha value is 0.270. The minimum Gasteiger partial charge on any atom is -0.391 e. The van der Waals surface area contributed by atoms with Crippen LogP contribution < -0.4 is 0 Å². The lowest BCUT2D eigenvalue weighted by Gasteiger charge is -2.35. The summed E-state index contributed by atoms with van der Waals surface area (Å²) in [5.41, 5.74) is 0. The van der Waals surface area contributed by atoms with Crippen LogP contribution in [0, 0.1) is 0 Å². The highest BCUT2D eigenvalue weighted by Gasteiger charge is 2.25. The van der Waals surface area contributed by atoms with Crippen LogP contribution in [0.25, 0.3) is 0 Å². The van der Waals surface area contributed by atoms with Crippen LogP contribution in [0.3, 0.4) is 0 Å². The standard InChI is InChI=1S/C11H23NOS/c1-3-14-9-8-12(2)10-6-4-5-7-11(10)13/h10-11,13H,3-9H2,1-2H3. The molecule has 3 heteroatoms. The van der Waals surface area contributed by atoms with Crippen molar-refractivity contribution in [3.8, 4) is 0 Å². The van der Waals surface area contributed by atoms with Gasteiger partial charge in [0, 0.05) is 18.3 Å². The predicted molar refractivity (Wildman–Crippen MR) is 63.9 cm³/mol. The average molecular weight is 217 g/mol. The van der Waals surface area contributed by atoms with Gasteiger partial charge in [-0.25, -0.2) is 0 Å². The number of aliphatic hydroxyl groups is 1. The van der Waals surface area contributed by atoms with Crippen molar-refractivity contribution in [2.45, 2.75) is 44.8 Å². The van der Waals surface area contributed by atoms with Gasteiger partial charge in [-0.2, -0.15) is 11.8 Å². The summed E-state index contributed by atoms with van der Waals surface area (Å²) in [5.74, 6) is 2.39. The molecule has 0 aliphatic heterocycles. The smallest absolute Gasteiger partial charge is 0.0695 e. The van der Waals surface area contributed by atoms with Crippen molar-refractivity contribution >= 4 is 11.8 Å². The van der Waals surface area contributed by atoms with E-state index in [2.05, 4.69) is 18.9 Å². The molecule has 84 valence electrons. The summed E-state index contributed by atoms with van der Waals surface area (Å²) >= 11 is 1.98. The van der Waals surface area contributed by atoms with Gasteiger partial charge >= 0.3 is 0 Å². The van der Waals surface area contributed by atoms with Gasteiger partial charge in [-0.05, 0) is 25.6 Å². The molecule has 1 rings (SSSR count). The lowest BCUT2D eigenvalue weighted by atomic mass is 9.92. The molecule has 0 amide bonds. The molecule has 2 atom stereocenters. The molecule has 0 aromatic carbocycles. The van der Waals surface area contributed by atoms with E-state index in [1.54, 1.807) is 0 Å². The molecule has 2 nitrogen and oxygen atoms in total. The second-order valence-electron chi connectivity index (χ2n) is 4.10. The average Bonchev–Trinajstić information content (AvgIpc) is 2.18. The van der Waals surface area contributed by atoms with E-state index in [1.807, 2.05) is 11.8 Å². The molecule has 0 spiro atoms. The maximum Gasteiger partial charge on any atom is 0.0695 e. The number of aliphatic hydroxyl groups excluding tert-OH is 1. The molecule has 0 radical (unpaired) electrons. The Kier molecular flexibility index (Phi) is 5.90. The molecule has 1 fully saturated rings. The zero-order chi connectivity index (χ0) is 10.4. The van der Waals surface area contributed by atoms with Crippen LogP contribution in [-0.2, 0) is 0 Å². The summed E-state index contributed by atoms with van der Waals surface area (Å²) in [6, 6.07) is 0.418. The largest absolute Gasteiger partial charge is 0.391 e. The van der Waals surface area contributed by atoms with E-state index in [4.69, 9.17) is 0 Å². The van der Waals surface area contributed by atoms with Gasteiger partial charge in [0.2, 0.25) is 0 Å². The molecule has 1 saturated carbocycles. The lowest BCUT2D eigenvalue weighted by molar-refractivity contribution is 0.0351. The van der Waals surface area contributed by atoms with E-state index in [0.29, 0.717) is 6.04 Å². The lowest BCUT2D eigenvalue weighted by Crippen LogP contribution is -2.44. The maximum atomic E-state index is 9.85. The van der Waals surface area contributed by atoms with E-state index in [-0.39, 0.29) is 6.10 Å². The third kappa shape index (κ3) is 3.79. The fourth-order valence-corrected chi connectivity index (χ4v) is 2.83. The molecular formula is C11H23NOS. The second kappa shape index (κ2) is 6.70. The van der Waals surface area contributed by atoms with Crippen molar-refractivity contribution in [1.82, 2.24) is 4.90 Å². The van der Waals surface area contributed by atoms with Crippen molar-refractivity contribution in [1.29, 1.82) is 0 Å². The van der Waals surface area contributed by atoms with Crippen LogP contribution >= 0.6 is 11.8 Å². The van der Waals surface area contributed by atoms with Gasteiger partial charge in [-0.3, -0.25) is 0 Å². The van der Waals surface area contributed by atoms with Crippen LogP contribution in [0.4, 0.5) is 0 Å². The summed E-state index contributed by atoms with van der Waals surface area (Å²) in [6.45, 7) is 3.31. The normalized spacial score (nSPS) is 28.3. The summed E-state index contributed by atoms with van der Waals surface area (Å²) in [7, 11) is 2.15. The Bertz CT molecular complexity index is 154. The monoisotopic (exact) mass is 217 g/mol. The van der Waals surface area contributed by atoms with Crippen LogP contribution in [0.1, 0.15) is 32.6 Å². The van der Waals surface area contributed by atoms with E-state index < -0.39 is 0 Å². The van der Waals surface area contributed by atoms with E-state index in [1.165, 1.54) is 30.8 Å². The van der Waals surface area contributed by atoms with E-state index in [9.17, 15) is 5.11 Å². The minimum atomic E-state index is -0.0830. The Morgan fingerprint density at radius 1 is 1.36 bits per heavy atom. The number of hydrogen-bond donors (Lipinski definition) is 1. The summed E-state index contributed by atoms with van der Waals surface area (Å²) in [6.07, 6.45) is 4.58. The molecular weight excluding hydrogens is 194 g/mol. The van der Waals surface area contributed by atoms with Crippen molar-refractivity contribution in [2.24, 2.45) is 0 Å². The van der Waals surface area contributed by atoms with Gasteiger partial charge in [0.15, 0.2) is 0 Å². The van der Waals surface area contributed by atoms with Crippen LogP contribution in [0.5, 0.6) is 0 Å². The first-order valence-corrected chi connectivity index (χ1v) is 6.87. The topological polar surface area (TPSA) is 23.5 Å². The van der Waals surface area contributed by atoms with Crippen LogP contribution in [-0.4, -0.2) is 47.3 Å². The molecule has 0 aromatic heterocycles. The second-order valence-corrected chi connectivity index (χ2v) is 5.49. The first-order chi connectivity index (χ1) is 6.75. The Morgan fingerprint density at radius 3 is 2.71 bits per heavy atom. The van der Waals surface area contributed by atoms with Crippen molar-refractivity contribution < 1.29 is 5.11 Å². The fourth-order valence-electron chi connectivity index (χ4n) is 2.12. The van der Waals surface area contributed by atoms with Crippen molar-refractivity contribution in [3.63, 3.8) is 0 Å². The molecule has 1 N–H and O–H groups in total. The highest BCUT2D eigenvalue weighted by molar-refractivity contribution is 7.99. The van der Waals surface area contributed by atoms with Gasteiger partial charge in [0.1, 0.15) is 0 Å². The molecule has 0 bridgehead atoms. The van der Waals surface area contributed by atoms with Gasteiger partial charge in [-0.1, -0.05) is 19.8 Å². The third-order valence-corrected chi connectivity index (χ3v) is 3.93. The van der Waals surface area contributed by atoms with Gasteiger partial charge in [-0.15, -0.1) is 0 Å². The number of nitrogens with zero attached hydrogens (tertiary/aromatic N) is 1. The molecule has 1 aliphatic carbocycles. The number of thioether (sulfide) groups is 1. The molecule has 0 aromatic rings. The highest BCUT2D eigenvalue weighted by atomic mass is 32.2. The van der Waals surface area contributed by atoms with E-state index in [0.717, 1.165) is 13.0 Å². The van der Waals surface area contributed by atoms with Crippen LogP contribution in [0.2, 0.25) is 0 Å². The molecule has 1 aliphatic rings. The Balaban J connectivity index is 2.23. The molecule has 14 heavy (non-hydrogen) atoms. The highest BCUT2D eigenvalue weighted by Crippen LogP contribution is 2.22. The summed E-state index contributed by atoms with van der Waals surface area (Å²) in [4.78, 5) is 2.34. The first-order valence-electron chi connectivity index (χ1n) is 5.71. The number of likely N-dealkylation sites (N-methyl/N-ethyl adjacent to an activating group) is 1. The zero-order valence-electron chi connectivity index (χ0n) is 9.41.